The molecule has 0 unspecified atom stereocenters. The molecule has 0 aliphatic carbocycles. The number of unbranched alkanes of at least 4 members (excludes halogenated alkanes) is 2. The van der Waals surface area contributed by atoms with E-state index < -0.39 is 0 Å². The van der Waals surface area contributed by atoms with Gasteiger partial charge in [0.25, 0.3) is 0 Å². The molecule has 0 spiro atoms. The van der Waals surface area contributed by atoms with Crippen molar-refractivity contribution in [1.29, 1.82) is 0 Å². The summed E-state index contributed by atoms with van der Waals surface area (Å²) in [4.78, 5) is 0. The molecule has 2 N–H and O–H groups in total. The molecule has 0 saturated carbocycles. The third kappa shape index (κ3) is 5.42. The van der Waals surface area contributed by atoms with Crippen molar-refractivity contribution in [2.75, 3.05) is 13.2 Å². The summed E-state index contributed by atoms with van der Waals surface area (Å²) in [5.74, 6) is 0.957. The fraction of sp³-hybridized carbons (Fsp3) is 0.571. The highest BCUT2D eigenvalue weighted by Gasteiger charge is 2.04. The predicted molar refractivity (Wildman–Crippen MR) is 73.8 cm³/mol. The third-order valence-electron chi connectivity index (χ3n) is 2.68. The molecule has 0 aromatic heterocycles. The summed E-state index contributed by atoms with van der Waals surface area (Å²) >= 11 is 5.99. The molecule has 0 aliphatic rings. The van der Waals surface area contributed by atoms with Gasteiger partial charge in [-0.25, -0.2) is 0 Å². The monoisotopic (exact) mass is 255 g/mol. The van der Waals surface area contributed by atoms with Gasteiger partial charge in [-0.15, -0.1) is 0 Å². The van der Waals surface area contributed by atoms with Gasteiger partial charge < -0.3 is 10.5 Å². The van der Waals surface area contributed by atoms with Crippen molar-refractivity contribution in [2.45, 2.75) is 39.0 Å². The molecule has 1 aromatic rings. The van der Waals surface area contributed by atoms with Crippen LogP contribution in [0.15, 0.2) is 18.2 Å². The Balaban J connectivity index is 2.55. The number of benzene rings is 1. The standard InChI is InChI=1S/C14H22ClNO/c1-2-3-4-10-17-14-8-7-13(15)11-12(14)6-5-9-16/h7-8,11H,2-6,9-10,16H2,1H3. The molecule has 0 atom stereocenters. The molecule has 96 valence electrons. The van der Waals surface area contributed by atoms with E-state index in [-0.39, 0.29) is 0 Å². The topological polar surface area (TPSA) is 35.2 Å². The third-order valence-corrected chi connectivity index (χ3v) is 2.91. The summed E-state index contributed by atoms with van der Waals surface area (Å²) in [5, 5.41) is 0.762. The minimum absolute atomic E-state index is 0.696. The summed E-state index contributed by atoms with van der Waals surface area (Å²) in [6, 6.07) is 5.81. The van der Waals surface area contributed by atoms with Crippen LogP contribution in [0.5, 0.6) is 5.75 Å². The van der Waals surface area contributed by atoms with Crippen LogP contribution >= 0.6 is 11.6 Å². The Morgan fingerprint density at radius 1 is 1.24 bits per heavy atom. The van der Waals surface area contributed by atoms with E-state index in [1.807, 2.05) is 18.2 Å². The average molecular weight is 256 g/mol. The molecule has 0 radical (unpaired) electrons. The van der Waals surface area contributed by atoms with E-state index in [0.29, 0.717) is 6.54 Å². The second-order valence-corrected chi connectivity index (χ2v) is 4.64. The van der Waals surface area contributed by atoms with Crippen molar-refractivity contribution in [3.8, 4) is 5.75 Å². The van der Waals surface area contributed by atoms with Crippen LogP contribution < -0.4 is 10.5 Å². The van der Waals surface area contributed by atoms with Gasteiger partial charge in [-0.1, -0.05) is 31.4 Å². The van der Waals surface area contributed by atoms with E-state index in [2.05, 4.69) is 6.92 Å². The van der Waals surface area contributed by atoms with Crippen LogP contribution in [0.25, 0.3) is 0 Å². The first-order valence-electron chi connectivity index (χ1n) is 6.39. The fourth-order valence-electron chi connectivity index (χ4n) is 1.71. The number of hydrogen-bond acceptors (Lipinski definition) is 2. The van der Waals surface area contributed by atoms with Crippen LogP contribution in [0.1, 0.15) is 38.2 Å². The van der Waals surface area contributed by atoms with Gasteiger partial charge in [0.2, 0.25) is 0 Å². The molecule has 3 heteroatoms. The van der Waals surface area contributed by atoms with Gasteiger partial charge in [0.15, 0.2) is 0 Å². The first-order chi connectivity index (χ1) is 8.27. The lowest BCUT2D eigenvalue weighted by Gasteiger charge is -2.11. The zero-order chi connectivity index (χ0) is 12.5. The Bertz CT molecular complexity index is 328. The lowest BCUT2D eigenvalue weighted by Crippen LogP contribution is -2.03. The summed E-state index contributed by atoms with van der Waals surface area (Å²) in [6.45, 7) is 3.67. The summed E-state index contributed by atoms with van der Waals surface area (Å²) in [5.41, 5.74) is 6.70. The highest BCUT2D eigenvalue weighted by Crippen LogP contribution is 2.24. The van der Waals surface area contributed by atoms with E-state index in [4.69, 9.17) is 22.1 Å². The molecule has 0 heterocycles. The van der Waals surface area contributed by atoms with E-state index in [0.717, 1.165) is 36.6 Å². The molecule has 0 fully saturated rings. The fourth-order valence-corrected chi connectivity index (χ4v) is 1.91. The zero-order valence-electron chi connectivity index (χ0n) is 10.5. The van der Waals surface area contributed by atoms with Gasteiger partial charge in [-0.2, -0.15) is 0 Å². The maximum absolute atomic E-state index is 5.99. The second kappa shape index (κ2) is 8.37. The summed E-state index contributed by atoms with van der Waals surface area (Å²) in [6.07, 6.45) is 5.43. The number of ether oxygens (including phenoxy) is 1. The smallest absolute Gasteiger partial charge is 0.122 e. The Hall–Kier alpha value is -0.730. The van der Waals surface area contributed by atoms with Crippen molar-refractivity contribution < 1.29 is 4.74 Å². The highest BCUT2D eigenvalue weighted by molar-refractivity contribution is 6.30. The van der Waals surface area contributed by atoms with Gasteiger partial charge in [-0.3, -0.25) is 0 Å². The second-order valence-electron chi connectivity index (χ2n) is 4.20. The van der Waals surface area contributed by atoms with Crippen LogP contribution in [-0.2, 0) is 6.42 Å². The maximum atomic E-state index is 5.99. The lowest BCUT2D eigenvalue weighted by atomic mass is 10.1. The Kier molecular flexibility index (Phi) is 7.06. The minimum Gasteiger partial charge on any atom is -0.493 e. The van der Waals surface area contributed by atoms with E-state index in [1.165, 1.54) is 18.4 Å². The number of rotatable bonds is 8. The van der Waals surface area contributed by atoms with Crippen molar-refractivity contribution in [1.82, 2.24) is 0 Å². The Morgan fingerprint density at radius 3 is 2.76 bits per heavy atom. The van der Waals surface area contributed by atoms with Crippen LogP contribution in [0.2, 0.25) is 5.02 Å². The van der Waals surface area contributed by atoms with Gasteiger partial charge in [-0.05, 0) is 49.6 Å². The zero-order valence-corrected chi connectivity index (χ0v) is 11.3. The maximum Gasteiger partial charge on any atom is 0.122 e. The van der Waals surface area contributed by atoms with E-state index in [9.17, 15) is 0 Å². The Morgan fingerprint density at radius 2 is 2.06 bits per heavy atom. The molecule has 0 bridgehead atoms. The predicted octanol–water partition coefficient (Wildman–Crippen LogP) is 3.80. The Labute approximate surface area is 109 Å². The first kappa shape index (κ1) is 14.3. The van der Waals surface area contributed by atoms with Crippen molar-refractivity contribution in [3.63, 3.8) is 0 Å². The normalized spacial score (nSPS) is 10.5. The number of halogens is 1. The molecule has 0 saturated heterocycles. The van der Waals surface area contributed by atoms with Gasteiger partial charge in [0, 0.05) is 5.02 Å². The lowest BCUT2D eigenvalue weighted by molar-refractivity contribution is 0.303. The SMILES string of the molecule is CCCCCOc1ccc(Cl)cc1CCCN. The molecule has 1 rings (SSSR count). The molecular formula is C14H22ClNO. The van der Waals surface area contributed by atoms with Crippen LogP contribution in [0.4, 0.5) is 0 Å². The molecular weight excluding hydrogens is 234 g/mol. The quantitative estimate of drug-likeness (QED) is 0.717. The summed E-state index contributed by atoms with van der Waals surface area (Å²) in [7, 11) is 0. The number of hydrogen-bond donors (Lipinski definition) is 1. The molecule has 2 nitrogen and oxygen atoms in total. The van der Waals surface area contributed by atoms with E-state index >= 15 is 0 Å². The number of nitrogens with two attached hydrogens (primary N) is 1. The van der Waals surface area contributed by atoms with Crippen molar-refractivity contribution in [3.05, 3.63) is 28.8 Å². The van der Waals surface area contributed by atoms with E-state index in [1.54, 1.807) is 0 Å². The van der Waals surface area contributed by atoms with Crippen LogP contribution in [-0.4, -0.2) is 13.2 Å². The minimum atomic E-state index is 0.696. The van der Waals surface area contributed by atoms with Crippen molar-refractivity contribution in [2.24, 2.45) is 5.73 Å². The van der Waals surface area contributed by atoms with Gasteiger partial charge in [0.1, 0.15) is 5.75 Å². The largest absolute Gasteiger partial charge is 0.493 e. The average Bonchev–Trinajstić information content (AvgIpc) is 2.34. The van der Waals surface area contributed by atoms with Crippen molar-refractivity contribution >= 4 is 11.6 Å². The molecule has 17 heavy (non-hydrogen) atoms. The van der Waals surface area contributed by atoms with Crippen LogP contribution in [0.3, 0.4) is 0 Å². The summed E-state index contributed by atoms with van der Waals surface area (Å²) < 4.78 is 5.79. The van der Waals surface area contributed by atoms with Crippen LogP contribution in [0, 0.1) is 0 Å². The number of aryl methyl sites for hydroxylation is 1. The first-order valence-corrected chi connectivity index (χ1v) is 6.77. The van der Waals surface area contributed by atoms with Gasteiger partial charge in [0.05, 0.1) is 6.61 Å². The molecule has 0 aliphatic heterocycles. The van der Waals surface area contributed by atoms with Gasteiger partial charge >= 0.3 is 0 Å². The molecule has 1 aromatic carbocycles. The molecule has 0 amide bonds. The highest BCUT2D eigenvalue weighted by atomic mass is 35.5.